The average Bonchev–Trinajstić information content (AvgIpc) is 2.50. The van der Waals surface area contributed by atoms with E-state index < -0.39 is 0 Å². The Morgan fingerprint density at radius 2 is 1.75 bits per heavy atom. The molecule has 0 aromatic heterocycles. The zero-order valence-electron chi connectivity index (χ0n) is 12.5. The molecule has 0 spiro atoms. The van der Waals surface area contributed by atoms with Gasteiger partial charge in [0, 0.05) is 17.8 Å². The molecule has 0 saturated carbocycles. The normalized spacial score (nSPS) is 10.8. The largest absolute Gasteiger partial charge is 0.497 e. The zero-order valence-corrected chi connectivity index (χ0v) is 12.5. The van der Waals surface area contributed by atoms with Gasteiger partial charge in [0.25, 0.3) is 5.91 Å². The number of hydrazone groups is 1. The Bertz CT molecular complexity index is 446. The molecule has 0 atom stereocenters. The summed E-state index contributed by atoms with van der Waals surface area (Å²) in [4.78, 5) is 12.0. The topological polar surface area (TPSA) is 59.9 Å². The Labute approximate surface area is 120 Å². The van der Waals surface area contributed by atoms with E-state index in [1.54, 1.807) is 38.6 Å². The molecular weight excluding hydrogens is 256 g/mol. The molecule has 0 unspecified atom stereocenters. The van der Waals surface area contributed by atoms with Crippen molar-refractivity contribution in [3.63, 3.8) is 0 Å². The van der Waals surface area contributed by atoms with Crippen molar-refractivity contribution in [3.05, 3.63) is 23.8 Å². The molecule has 5 nitrogen and oxygen atoms in total. The lowest BCUT2D eigenvalue weighted by Crippen LogP contribution is -2.18. The van der Waals surface area contributed by atoms with E-state index in [2.05, 4.69) is 24.4 Å². The fourth-order valence-electron chi connectivity index (χ4n) is 1.70. The van der Waals surface area contributed by atoms with Crippen LogP contribution in [-0.4, -0.2) is 26.3 Å². The standard InChI is InChI=1S/C15H22N2O3/c1-5-11(6-2)10-16-17-15(18)12-7-13(19-3)9-14(8-12)20-4/h7-11H,5-6H2,1-4H3,(H,17,18)/b16-10-. The summed E-state index contributed by atoms with van der Waals surface area (Å²) in [5.74, 6) is 1.23. The minimum atomic E-state index is -0.288. The molecule has 5 heteroatoms. The van der Waals surface area contributed by atoms with Crippen LogP contribution in [0.5, 0.6) is 11.5 Å². The number of rotatable bonds is 7. The highest BCUT2D eigenvalue weighted by atomic mass is 16.5. The second-order valence-electron chi connectivity index (χ2n) is 4.40. The van der Waals surface area contributed by atoms with Crippen molar-refractivity contribution < 1.29 is 14.3 Å². The van der Waals surface area contributed by atoms with E-state index in [1.165, 1.54) is 0 Å². The molecule has 0 heterocycles. The number of carbonyl (C=O) groups is 1. The molecular formula is C15H22N2O3. The van der Waals surface area contributed by atoms with Crippen molar-refractivity contribution in [1.29, 1.82) is 0 Å². The van der Waals surface area contributed by atoms with Crippen LogP contribution in [0.25, 0.3) is 0 Å². The Morgan fingerprint density at radius 3 is 2.20 bits per heavy atom. The lowest BCUT2D eigenvalue weighted by atomic mass is 10.1. The van der Waals surface area contributed by atoms with Crippen LogP contribution in [0.4, 0.5) is 0 Å². The van der Waals surface area contributed by atoms with Crippen LogP contribution in [-0.2, 0) is 0 Å². The number of carbonyl (C=O) groups excluding carboxylic acids is 1. The third-order valence-electron chi connectivity index (χ3n) is 3.11. The van der Waals surface area contributed by atoms with Crippen molar-refractivity contribution in [1.82, 2.24) is 5.43 Å². The van der Waals surface area contributed by atoms with Gasteiger partial charge in [-0.1, -0.05) is 13.8 Å². The summed E-state index contributed by atoms with van der Waals surface area (Å²) in [6, 6.07) is 5.00. The molecule has 0 saturated heterocycles. The van der Waals surface area contributed by atoms with Crippen LogP contribution in [0.3, 0.4) is 0 Å². The van der Waals surface area contributed by atoms with Crippen molar-refractivity contribution in [2.75, 3.05) is 14.2 Å². The molecule has 110 valence electrons. The molecule has 1 aromatic rings. The van der Waals surface area contributed by atoms with Crippen molar-refractivity contribution in [2.45, 2.75) is 26.7 Å². The number of ether oxygens (including phenoxy) is 2. The lowest BCUT2D eigenvalue weighted by Gasteiger charge is -2.08. The highest BCUT2D eigenvalue weighted by molar-refractivity contribution is 5.95. The summed E-state index contributed by atoms with van der Waals surface area (Å²) in [5.41, 5.74) is 2.97. The summed E-state index contributed by atoms with van der Waals surface area (Å²) in [6.07, 6.45) is 3.78. The first-order chi connectivity index (χ1) is 9.64. The van der Waals surface area contributed by atoms with Gasteiger partial charge in [0.1, 0.15) is 11.5 Å². The molecule has 1 N–H and O–H groups in total. The first kappa shape index (κ1) is 16.0. The van der Waals surface area contributed by atoms with Gasteiger partial charge in [-0.2, -0.15) is 5.10 Å². The third-order valence-corrected chi connectivity index (χ3v) is 3.11. The van der Waals surface area contributed by atoms with Gasteiger partial charge in [-0.3, -0.25) is 4.79 Å². The van der Waals surface area contributed by atoms with Gasteiger partial charge in [0.2, 0.25) is 0 Å². The summed E-state index contributed by atoms with van der Waals surface area (Å²) < 4.78 is 10.3. The third kappa shape index (κ3) is 4.57. The van der Waals surface area contributed by atoms with Gasteiger partial charge in [-0.25, -0.2) is 5.43 Å². The molecule has 20 heavy (non-hydrogen) atoms. The molecule has 0 radical (unpaired) electrons. The molecule has 0 aliphatic carbocycles. The molecule has 1 aromatic carbocycles. The Morgan fingerprint density at radius 1 is 1.20 bits per heavy atom. The summed E-state index contributed by atoms with van der Waals surface area (Å²) >= 11 is 0. The second-order valence-corrected chi connectivity index (χ2v) is 4.40. The number of methoxy groups -OCH3 is 2. The monoisotopic (exact) mass is 278 g/mol. The van der Waals surface area contributed by atoms with Gasteiger partial charge in [0.05, 0.1) is 14.2 Å². The highest BCUT2D eigenvalue weighted by Crippen LogP contribution is 2.22. The Kier molecular flexibility index (Phi) is 6.56. The number of nitrogens with zero attached hydrogens (tertiary/aromatic N) is 1. The van der Waals surface area contributed by atoms with Crippen LogP contribution in [0.1, 0.15) is 37.0 Å². The number of benzene rings is 1. The van der Waals surface area contributed by atoms with E-state index in [1.807, 2.05) is 0 Å². The van der Waals surface area contributed by atoms with E-state index in [-0.39, 0.29) is 5.91 Å². The SMILES string of the molecule is CCC(/C=N\NC(=O)c1cc(OC)cc(OC)c1)CC. The van der Waals surface area contributed by atoms with E-state index in [9.17, 15) is 4.79 Å². The van der Waals surface area contributed by atoms with Gasteiger partial charge in [-0.15, -0.1) is 0 Å². The van der Waals surface area contributed by atoms with Gasteiger partial charge in [-0.05, 0) is 30.9 Å². The maximum Gasteiger partial charge on any atom is 0.271 e. The van der Waals surface area contributed by atoms with Crippen LogP contribution in [0.15, 0.2) is 23.3 Å². The second kappa shape index (κ2) is 8.19. The van der Waals surface area contributed by atoms with E-state index in [0.29, 0.717) is 23.0 Å². The minimum absolute atomic E-state index is 0.288. The fraction of sp³-hybridized carbons (Fsp3) is 0.467. The first-order valence-electron chi connectivity index (χ1n) is 6.71. The average molecular weight is 278 g/mol. The maximum atomic E-state index is 12.0. The number of amides is 1. The van der Waals surface area contributed by atoms with Crippen molar-refractivity contribution >= 4 is 12.1 Å². The Balaban J connectivity index is 2.76. The first-order valence-corrected chi connectivity index (χ1v) is 6.71. The quantitative estimate of drug-likeness (QED) is 0.616. The minimum Gasteiger partial charge on any atom is -0.497 e. The maximum absolute atomic E-state index is 12.0. The lowest BCUT2D eigenvalue weighted by molar-refractivity contribution is 0.0954. The van der Waals surface area contributed by atoms with Gasteiger partial charge < -0.3 is 9.47 Å². The zero-order chi connectivity index (χ0) is 15.0. The Hall–Kier alpha value is -2.04. The van der Waals surface area contributed by atoms with Crippen molar-refractivity contribution in [2.24, 2.45) is 11.0 Å². The van der Waals surface area contributed by atoms with Crippen LogP contribution < -0.4 is 14.9 Å². The van der Waals surface area contributed by atoms with E-state index in [4.69, 9.17) is 9.47 Å². The smallest absolute Gasteiger partial charge is 0.271 e. The number of nitrogens with one attached hydrogen (secondary N) is 1. The highest BCUT2D eigenvalue weighted by Gasteiger charge is 2.09. The van der Waals surface area contributed by atoms with E-state index in [0.717, 1.165) is 12.8 Å². The molecule has 0 aliphatic heterocycles. The summed E-state index contributed by atoms with van der Waals surface area (Å²) in [6.45, 7) is 4.18. The predicted octanol–water partition coefficient (Wildman–Crippen LogP) is 2.86. The van der Waals surface area contributed by atoms with Crippen molar-refractivity contribution in [3.8, 4) is 11.5 Å². The van der Waals surface area contributed by atoms with Crippen LogP contribution in [0, 0.1) is 5.92 Å². The predicted molar refractivity (Wildman–Crippen MR) is 79.6 cm³/mol. The van der Waals surface area contributed by atoms with Gasteiger partial charge >= 0.3 is 0 Å². The fourth-order valence-corrected chi connectivity index (χ4v) is 1.70. The van der Waals surface area contributed by atoms with Gasteiger partial charge in [0.15, 0.2) is 0 Å². The van der Waals surface area contributed by atoms with Crippen LogP contribution in [0.2, 0.25) is 0 Å². The number of hydrogen-bond donors (Lipinski definition) is 1. The summed E-state index contributed by atoms with van der Waals surface area (Å²) in [7, 11) is 3.09. The summed E-state index contributed by atoms with van der Waals surface area (Å²) in [5, 5.41) is 3.99. The molecule has 1 rings (SSSR count). The number of hydrogen-bond acceptors (Lipinski definition) is 4. The molecule has 0 bridgehead atoms. The molecule has 0 fully saturated rings. The van der Waals surface area contributed by atoms with E-state index >= 15 is 0 Å². The molecule has 1 amide bonds. The molecule has 0 aliphatic rings. The van der Waals surface area contributed by atoms with Crippen LogP contribution >= 0.6 is 0 Å².